The van der Waals surface area contributed by atoms with Crippen molar-refractivity contribution >= 4 is 16.9 Å². The molecule has 0 saturated heterocycles. The van der Waals surface area contributed by atoms with Gasteiger partial charge in [-0.05, 0) is 57.2 Å². The molecule has 1 atom stereocenters. The van der Waals surface area contributed by atoms with Crippen LogP contribution in [0.4, 0.5) is 0 Å². The van der Waals surface area contributed by atoms with Crippen molar-refractivity contribution in [2.24, 2.45) is 0 Å². The highest BCUT2D eigenvalue weighted by atomic mass is 16.6. The number of benzene rings is 2. The Morgan fingerprint density at radius 1 is 0.966 bits per heavy atom. The van der Waals surface area contributed by atoms with Crippen LogP contribution in [0.3, 0.4) is 0 Å². The molecule has 152 valence electrons. The summed E-state index contributed by atoms with van der Waals surface area (Å²) in [5.74, 6) is 1.14. The molecular formula is C22H22O7. The van der Waals surface area contributed by atoms with E-state index in [1.807, 2.05) is 0 Å². The lowest BCUT2D eigenvalue weighted by Crippen LogP contribution is -2.28. The lowest BCUT2D eigenvalue weighted by molar-refractivity contribution is -0.154. The lowest BCUT2D eigenvalue weighted by atomic mass is 10.2. The molecule has 7 heteroatoms. The summed E-state index contributed by atoms with van der Waals surface area (Å²) in [5.41, 5.74) is -0.000100. The van der Waals surface area contributed by atoms with Gasteiger partial charge < -0.3 is 23.4 Å². The first kappa shape index (κ1) is 20.3. The second-order valence-electron chi connectivity index (χ2n) is 6.61. The van der Waals surface area contributed by atoms with Gasteiger partial charge in [-0.15, -0.1) is 0 Å². The lowest BCUT2D eigenvalue weighted by Gasteiger charge is -2.15. The topological polar surface area (TPSA) is 84.2 Å². The summed E-state index contributed by atoms with van der Waals surface area (Å²) < 4.78 is 27.0. The number of esters is 1. The van der Waals surface area contributed by atoms with Crippen LogP contribution in [0, 0.1) is 0 Å². The fourth-order valence-electron chi connectivity index (χ4n) is 2.59. The molecule has 0 spiro atoms. The van der Waals surface area contributed by atoms with Crippen molar-refractivity contribution in [3.8, 4) is 23.0 Å². The number of hydrogen-bond donors (Lipinski definition) is 0. The Morgan fingerprint density at radius 2 is 1.62 bits per heavy atom. The normalized spacial score (nSPS) is 11.9. The second kappa shape index (κ2) is 8.68. The first-order chi connectivity index (χ1) is 13.9. The Labute approximate surface area is 167 Å². The van der Waals surface area contributed by atoms with Crippen LogP contribution in [0.2, 0.25) is 0 Å². The first-order valence-electron chi connectivity index (χ1n) is 9.12. The standard InChI is InChI=1S/C22H22O7/c1-13(2)27-22(24)14(3)28-17-9-10-18-19(11-17)26-12-20(21(18)23)29-16-7-5-15(25-4)6-8-16/h5-14H,1-4H3. The molecule has 0 saturated carbocycles. The van der Waals surface area contributed by atoms with Crippen LogP contribution in [0.25, 0.3) is 11.0 Å². The van der Waals surface area contributed by atoms with Gasteiger partial charge in [-0.2, -0.15) is 0 Å². The fourth-order valence-corrected chi connectivity index (χ4v) is 2.59. The second-order valence-corrected chi connectivity index (χ2v) is 6.61. The maximum absolute atomic E-state index is 12.7. The van der Waals surface area contributed by atoms with Crippen LogP contribution in [-0.4, -0.2) is 25.3 Å². The molecule has 0 bridgehead atoms. The first-order valence-corrected chi connectivity index (χ1v) is 9.12. The Balaban J connectivity index is 1.79. The number of rotatable bonds is 7. The van der Waals surface area contributed by atoms with Crippen molar-refractivity contribution in [2.45, 2.75) is 33.0 Å². The van der Waals surface area contributed by atoms with Gasteiger partial charge in [-0.1, -0.05) is 0 Å². The monoisotopic (exact) mass is 398 g/mol. The zero-order chi connectivity index (χ0) is 21.0. The highest BCUT2D eigenvalue weighted by Gasteiger charge is 2.18. The van der Waals surface area contributed by atoms with E-state index in [1.165, 1.54) is 6.26 Å². The third-order valence-corrected chi connectivity index (χ3v) is 4.00. The highest BCUT2D eigenvalue weighted by Crippen LogP contribution is 2.25. The summed E-state index contributed by atoms with van der Waals surface area (Å²) >= 11 is 0. The van der Waals surface area contributed by atoms with Crippen LogP contribution in [0.15, 0.2) is 57.9 Å². The average Bonchev–Trinajstić information content (AvgIpc) is 2.70. The Kier molecular flexibility index (Phi) is 6.07. The Bertz CT molecular complexity index is 1050. The predicted octanol–water partition coefficient (Wildman–Crippen LogP) is 4.31. The number of fused-ring (bicyclic) bond motifs is 1. The molecule has 0 fully saturated rings. The van der Waals surface area contributed by atoms with Gasteiger partial charge in [-0.3, -0.25) is 4.79 Å². The summed E-state index contributed by atoms with van der Waals surface area (Å²) in [6.45, 7) is 5.12. The molecule has 0 aliphatic rings. The van der Waals surface area contributed by atoms with Crippen LogP contribution in [0.5, 0.6) is 23.0 Å². The minimum absolute atomic E-state index is 0.0604. The number of hydrogen-bond acceptors (Lipinski definition) is 7. The fraction of sp³-hybridized carbons (Fsp3) is 0.273. The van der Waals surface area contributed by atoms with Crippen LogP contribution >= 0.6 is 0 Å². The van der Waals surface area contributed by atoms with E-state index in [4.69, 9.17) is 23.4 Å². The predicted molar refractivity (Wildman–Crippen MR) is 107 cm³/mol. The van der Waals surface area contributed by atoms with Gasteiger partial charge in [0.25, 0.3) is 0 Å². The van der Waals surface area contributed by atoms with Crippen molar-refractivity contribution in [3.05, 3.63) is 59.0 Å². The molecule has 3 rings (SSSR count). The van der Waals surface area contributed by atoms with E-state index >= 15 is 0 Å². The van der Waals surface area contributed by atoms with E-state index in [9.17, 15) is 9.59 Å². The van der Waals surface area contributed by atoms with E-state index in [0.717, 1.165) is 0 Å². The van der Waals surface area contributed by atoms with Gasteiger partial charge in [0.05, 0.1) is 18.6 Å². The van der Waals surface area contributed by atoms with Crippen LogP contribution in [0.1, 0.15) is 20.8 Å². The molecule has 0 aliphatic carbocycles. The number of carbonyl (C=O) groups excluding carboxylic acids is 1. The molecule has 3 aromatic rings. The molecule has 0 N–H and O–H groups in total. The van der Waals surface area contributed by atoms with E-state index in [1.54, 1.807) is 70.3 Å². The van der Waals surface area contributed by atoms with Crippen molar-refractivity contribution in [3.63, 3.8) is 0 Å². The minimum Gasteiger partial charge on any atom is -0.497 e. The van der Waals surface area contributed by atoms with Crippen molar-refractivity contribution < 1.29 is 28.2 Å². The molecule has 29 heavy (non-hydrogen) atoms. The van der Waals surface area contributed by atoms with Gasteiger partial charge in [0.1, 0.15) is 29.1 Å². The molecule has 1 aromatic heterocycles. The molecule has 0 amide bonds. The van der Waals surface area contributed by atoms with Gasteiger partial charge >= 0.3 is 5.97 Å². The Morgan fingerprint density at radius 3 is 2.28 bits per heavy atom. The zero-order valence-electron chi connectivity index (χ0n) is 16.6. The Hall–Kier alpha value is -3.48. The molecule has 1 unspecified atom stereocenters. The molecule has 1 heterocycles. The van der Waals surface area contributed by atoms with E-state index < -0.39 is 12.1 Å². The summed E-state index contributed by atoms with van der Waals surface area (Å²) in [7, 11) is 1.57. The van der Waals surface area contributed by atoms with E-state index in [2.05, 4.69) is 0 Å². The van der Waals surface area contributed by atoms with Crippen LogP contribution in [-0.2, 0) is 9.53 Å². The summed E-state index contributed by atoms with van der Waals surface area (Å²) in [6.07, 6.45) is 0.223. The van der Waals surface area contributed by atoms with Gasteiger partial charge in [0, 0.05) is 6.07 Å². The molecule has 0 aliphatic heterocycles. The van der Waals surface area contributed by atoms with E-state index in [-0.39, 0.29) is 17.3 Å². The molecule has 7 nitrogen and oxygen atoms in total. The van der Waals surface area contributed by atoms with Crippen molar-refractivity contribution in [1.82, 2.24) is 0 Å². The zero-order valence-corrected chi connectivity index (χ0v) is 16.6. The number of methoxy groups -OCH3 is 1. The number of ether oxygens (including phenoxy) is 4. The molecule has 0 radical (unpaired) electrons. The smallest absolute Gasteiger partial charge is 0.347 e. The third-order valence-electron chi connectivity index (χ3n) is 4.00. The highest BCUT2D eigenvalue weighted by molar-refractivity contribution is 5.79. The van der Waals surface area contributed by atoms with Crippen molar-refractivity contribution in [2.75, 3.05) is 7.11 Å². The summed E-state index contributed by atoms with van der Waals surface area (Å²) in [6, 6.07) is 11.6. The van der Waals surface area contributed by atoms with Crippen LogP contribution < -0.4 is 19.6 Å². The summed E-state index contributed by atoms with van der Waals surface area (Å²) in [4.78, 5) is 24.6. The summed E-state index contributed by atoms with van der Waals surface area (Å²) in [5, 5.41) is 0.334. The molecule has 2 aromatic carbocycles. The largest absolute Gasteiger partial charge is 0.497 e. The van der Waals surface area contributed by atoms with Gasteiger partial charge in [-0.25, -0.2) is 4.79 Å². The third kappa shape index (κ3) is 4.87. The van der Waals surface area contributed by atoms with Gasteiger partial charge in [0.15, 0.2) is 6.10 Å². The average molecular weight is 398 g/mol. The minimum atomic E-state index is -0.792. The van der Waals surface area contributed by atoms with Gasteiger partial charge in [0.2, 0.25) is 11.2 Å². The van der Waals surface area contributed by atoms with E-state index in [0.29, 0.717) is 28.2 Å². The SMILES string of the molecule is COc1ccc(Oc2coc3cc(OC(C)C(=O)OC(C)C)ccc3c2=O)cc1. The van der Waals surface area contributed by atoms with Crippen molar-refractivity contribution in [1.29, 1.82) is 0 Å². The maximum Gasteiger partial charge on any atom is 0.347 e. The maximum atomic E-state index is 12.7. The quantitative estimate of drug-likeness (QED) is 0.548. The number of carbonyl (C=O) groups is 1. The molecular weight excluding hydrogens is 376 g/mol.